The van der Waals surface area contributed by atoms with Crippen LogP contribution in [0.15, 0.2) is 41.9 Å². The van der Waals surface area contributed by atoms with E-state index in [4.69, 9.17) is 9.97 Å². The molecule has 1 N–H and O–H groups in total. The molecule has 6 heteroatoms. The first-order valence-electron chi connectivity index (χ1n) is 8.97. The molecule has 1 atom stereocenters. The van der Waals surface area contributed by atoms with Gasteiger partial charge in [-0.25, -0.2) is 15.0 Å². The zero-order valence-electron chi connectivity index (χ0n) is 15.1. The standard InChI is InChI=1S/C20H23N5S/c1-25(2)20-22-11-15-16(9-6-10-17(15)24-20)21-12-19-23-18(13-26-19)14-7-4-3-5-8-14/h3-5,7-8,11,13,16,21H,6,9-10,12H2,1-2H3. The molecular weight excluding hydrogens is 342 g/mol. The van der Waals surface area contributed by atoms with Gasteiger partial charge in [-0.15, -0.1) is 11.3 Å². The number of hydrogen-bond acceptors (Lipinski definition) is 6. The number of benzene rings is 1. The highest BCUT2D eigenvalue weighted by atomic mass is 32.1. The highest BCUT2D eigenvalue weighted by Crippen LogP contribution is 2.30. The van der Waals surface area contributed by atoms with Gasteiger partial charge in [-0.05, 0) is 19.3 Å². The van der Waals surface area contributed by atoms with Gasteiger partial charge in [0.15, 0.2) is 0 Å². The molecule has 1 aliphatic carbocycles. The van der Waals surface area contributed by atoms with Crippen molar-refractivity contribution >= 4 is 17.3 Å². The zero-order valence-corrected chi connectivity index (χ0v) is 16.0. The largest absolute Gasteiger partial charge is 0.347 e. The van der Waals surface area contributed by atoms with Crippen molar-refractivity contribution in [1.29, 1.82) is 0 Å². The maximum Gasteiger partial charge on any atom is 0.225 e. The van der Waals surface area contributed by atoms with Gasteiger partial charge in [0, 0.05) is 49.4 Å². The third-order valence-electron chi connectivity index (χ3n) is 4.69. The number of anilines is 1. The summed E-state index contributed by atoms with van der Waals surface area (Å²) in [5.41, 5.74) is 4.64. The second kappa shape index (κ2) is 7.51. The van der Waals surface area contributed by atoms with E-state index in [2.05, 4.69) is 27.8 Å². The lowest BCUT2D eigenvalue weighted by molar-refractivity contribution is 0.451. The van der Waals surface area contributed by atoms with Crippen molar-refractivity contribution < 1.29 is 0 Å². The number of aromatic nitrogens is 3. The van der Waals surface area contributed by atoms with E-state index in [-0.39, 0.29) is 0 Å². The van der Waals surface area contributed by atoms with Gasteiger partial charge < -0.3 is 10.2 Å². The second-order valence-electron chi connectivity index (χ2n) is 6.78. The number of rotatable bonds is 5. The smallest absolute Gasteiger partial charge is 0.225 e. The van der Waals surface area contributed by atoms with Crippen molar-refractivity contribution in [2.24, 2.45) is 0 Å². The van der Waals surface area contributed by atoms with Gasteiger partial charge in [0.25, 0.3) is 0 Å². The minimum absolute atomic E-state index is 0.305. The molecule has 3 aromatic rings. The Morgan fingerprint density at radius 1 is 1.19 bits per heavy atom. The van der Waals surface area contributed by atoms with Crippen LogP contribution < -0.4 is 10.2 Å². The number of nitrogens with zero attached hydrogens (tertiary/aromatic N) is 4. The monoisotopic (exact) mass is 365 g/mol. The normalized spacial score (nSPS) is 16.3. The molecule has 0 radical (unpaired) electrons. The first-order chi connectivity index (χ1) is 12.7. The van der Waals surface area contributed by atoms with Gasteiger partial charge >= 0.3 is 0 Å². The fraction of sp³-hybridized carbons (Fsp3) is 0.350. The number of fused-ring (bicyclic) bond motifs is 1. The fourth-order valence-electron chi connectivity index (χ4n) is 3.31. The van der Waals surface area contributed by atoms with Crippen LogP contribution in [0.5, 0.6) is 0 Å². The van der Waals surface area contributed by atoms with Gasteiger partial charge in [0.2, 0.25) is 5.95 Å². The van der Waals surface area contributed by atoms with Crippen LogP contribution in [0, 0.1) is 0 Å². The predicted molar refractivity (Wildman–Crippen MR) is 106 cm³/mol. The molecule has 1 unspecified atom stereocenters. The molecule has 0 aliphatic heterocycles. The molecule has 5 nitrogen and oxygen atoms in total. The quantitative estimate of drug-likeness (QED) is 0.745. The molecule has 0 amide bonds. The van der Waals surface area contributed by atoms with Gasteiger partial charge in [-0.1, -0.05) is 30.3 Å². The third kappa shape index (κ3) is 3.61. The highest BCUT2D eigenvalue weighted by molar-refractivity contribution is 7.09. The maximum atomic E-state index is 4.78. The maximum absolute atomic E-state index is 4.78. The summed E-state index contributed by atoms with van der Waals surface area (Å²) in [7, 11) is 3.96. The average molecular weight is 366 g/mol. The van der Waals surface area contributed by atoms with E-state index in [0.29, 0.717) is 6.04 Å². The van der Waals surface area contributed by atoms with Crippen molar-refractivity contribution in [1.82, 2.24) is 20.3 Å². The van der Waals surface area contributed by atoms with E-state index in [1.165, 1.54) is 16.8 Å². The van der Waals surface area contributed by atoms with Gasteiger partial charge in [0.1, 0.15) is 5.01 Å². The summed E-state index contributed by atoms with van der Waals surface area (Å²) in [6.07, 6.45) is 5.30. The summed E-state index contributed by atoms with van der Waals surface area (Å²) in [5.74, 6) is 0.789. The molecule has 0 saturated carbocycles. The number of thiazole rings is 1. The van der Waals surface area contributed by atoms with Crippen molar-refractivity contribution in [3.8, 4) is 11.3 Å². The van der Waals surface area contributed by atoms with E-state index in [0.717, 1.165) is 42.5 Å². The summed E-state index contributed by atoms with van der Waals surface area (Å²) < 4.78 is 0. The summed E-state index contributed by atoms with van der Waals surface area (Å²) in [5, 5.41) is 6.91. The van der Waals surface area contributed by atoms with Gasteiger partial charge in [0.05, 0.1) is 11.4 Å². The van der Waals surface area contributed by atoms with E-state index >= 15 is 0 Å². The van der Waals surface area contributed by atoms with Gasteiger partial charge in [-0.3, -0.25) is 0 Å². The Kier molecular flexibility index (Phi) is 4.95. The molecule has 134 valence electrons. The van der Waals surface area contributed by atoms with Crippen molar-refractivity contribution in [2.75, 3.05) is 19.0 Å². The molecule has 1 aromatic carbocycles. The van der Waals surface area contributed by atoms with Crippen molar-refractivity contribution in [2.45, 2.75) is 31.8 Å². The lowest BCUT2D eigenvalue weighted by Crippen LogP contribution is -2.26. The zero-order chi connectivity index (χ0) is 17.9. The summed E-state index contributed by atoms with van der Waals surface area (Å²) in [6.45, 7) is 0.775. The Balaban J connectivity index is 1.46. The molecule has 2 heterocycles. The minimum Gasteiger partial charge on any atom is -0.347 e. The van der Waals surface area contributed by atoms with Crippen LogP contribution in [-0.4, -0.2) is 29.0 Å². The second-order valence-corrected chi connectivity index (χ2v) is 7.73. The first kappa shape index (κ1) is 17.1. The Morgan fingerprint density at radius 2 is 2.04 bits per heavy atom. The molecule has 26 heavy (non-hydrogen) atoms. The Labute approximate surface area is 158 Å². The van der Waals surface area contributed by atoms with Crippen LogP contribution in [0.4, 0.5) is 5.95 Å². The van der Waals surface area contributed by atoms with Crippen molar-refractivity contribution in [3.63, 3.8) is 0 Å². The van der Waals surface area contributed by atoms with E-state index < -0.39 is 0 Å². The van der Waals surface area contributed by atoms with E-state index in [1.54, 1.807) is 11.3 Å². The van der Waals surface area contributed by atoms with E-state index in [1.807, 2.05) is 43.4 Å². The molecule has 4 rings (SSSR count). The number of nitrogens with one attached hydrogen (secondary N) is 1. The molecule has 0 saturated heterocycles. The third-order valence-corrected chi connectivity index (χ3v) is 5.54. The number of hydrogen-bond donors (Lipinski definition) is 1. The Hall–Kier alpha value is -2.31. The molecular formula is C20H23N5S. The fourth-order valence-corrected chi connectivity index (χ4v) is 4.06. The minimum atomic E-state index is 0.305. The number of aryl methyl sites for hydroxylation is 1. The first-order valence-corrected chi connectivity index (χ1v) is 9.85. The summed E-state index contributed by atoms with van der Waals surface area (Å²) in [4.78, 5) is 16.0. The average Bonchev–Trinajstić information content (AvgIpc) is 3.15. The van der Waals surface area contributed by atoms with E-state index in [9.17, 15) is 0 Å². The van der Waals surface area contributed by atoms with Crippen LogP contribution in [-0.2, 0) is 13.0 Å². The summed E-state index contributed by atoms with van der Waals surface area (Å²) in [6, 6.07) is 10.6. The topological polar surface area (TPSA) is 53.9 Å². The lowest BCUT2D eigenvalue weighted by Gasteiger charge is -2.26. The van der Waals surface area contributed by atoms with Crippen LogP contribution >= 0.6 is 11.3 Å². The van der Waals surface area contributed by atoms with Crippen LogP contribution in [0.2, 0.25) is 0 Å². The Morgan fingerprint density at radius 3 is 2.85 bits per heavy atom. The molecule has 2 aromatic heterocycles. The van der Waals surface area contributed by atoms with Crippen molar-refractivity contribution in [3.05, 3.63) is 58.2 Å². The summed E-state index contributed by atoms with van der Waals surface area (Å²) >= 11 is 1.71. The highest BCUT2D eigenvalue weighted by Gasteiger charge is 2.22. The van der Waals surface area contributed by atoms with Crippen LogP contribution in [0.1, 0.15) is 35.1 Å². The SMILES string of the molecule is CN(C)c1ncc2c(n1)CCCC2NCc1nc(-c2ccccc2)cs1. The molecule has 0 bridgehead atoms. The van der Waals surface area contributed by atoms with Crippen LogP contribution in [0.25, 0.3) is 11.3 Å². The van der Waals surface area contributed by atoms with Gasteiger partial charge in [-0.2, -0.15) is 0 Å². The Bertz CT molecular complexity index is 875. The molecule has 0 fully saturated rings. The van der Waals surface area contributed by atoms with Crippen LogP contribution in [0.3, 0.4) is 0 Å². The lowest BCUT2D eigenvalue weighted by atomic mass is 9.92. The predicted octanol–water partition coefficient (Wildman–Crippen LogP) is 3.83. The molecule has 1 aliphatic rings. The molecule has 0 spiro atoms.